The number of halogens is 2. The van der Waals surface area contributed by atoms with Crippen LogP contribution < -0.4 is 5.32 Å². The molecule has 2 aromatic heterocycles. The van der Waals surface area contributed by atoms with Crippen LogP contribution in [0.3, 0.4) is 0 Å². The number of anilines is 1. The fraction of sp³-hybridized carbons (Fsp3) is 0.0667. The Bertz CT molecular complexity index is 779. The number of benzene rings is 1. The Labute approximate surface area is 130 Å². The van der Waals surface area contributed by atoms with Crippen molar-refractivity contribution in [3.8, 4) is 0 Å². The number of hydrogen-bond acceptors (Lipinski definition) is 3. The number of hydrogen-bond donors (Lipinski definition) is 1. The van der Waals surface area contributed by atoms with Crippen LogP contribution in [0.15, 0.2) is 53.4 Å². The first kappa shape index (κ1) is 14.3. The summed E-state index contributed by atoms with van der Waals surface area (Å²) in [7, 11) is 0. The second kappa shape index (κ2) is 6.03. The Kier molecular flexibility index (Phi) is 3.93. The highest BCUT2D eigenvalue weighted by Gasteiger charge is 2.11. The molecule has 5 nitrogen and oxygen atoms in total. The van der Waals surface area contributed by atoms with Crippen LogP contribution >= 0.6 is 11.6 Å². The van der Waals surface area contributed by atoms with Gasteiger partial charge in [0.2, 0.25) is 0 Å². The molecule has 1 N–H and O–H groups in total. The summed E-state index contributed by atoms with van der Waals surface area (Å²) < 4.78 is 20.2. The molecule has 0 bridgehead atoms. The van der Waals surface area contributed by atoms with Crippen molar-refractivity contribution >= 4 is 23.2 Å². The van der Waals surface area contributed by atoms with Gasteiger partial charge < -0.3 is 9.73 Å². The lowest BCUT2D eigenvalue weighted by Gasteiger charge is -2.05. The maximum atomic E-state index is 13.7. The Morgan fingerprint density at radius 2 is 2.23 bits per heavy atom. The number of carbonyl (C=O) groups excluding carboxylic acids is 1. The topological polar surface area (TPSA) is 60.1 Å². The molecule has 0 saturated heterocycles. The zero-order valence-electron chi connectivity index (χ0n) is 11.3. The van der Waals surface area contributed by atoms with E-state index in [4.69, 9.17) is 16.0 Å². The molecule has 3 rings (SSSR count). The summed E-state index contributed by atoms with van der Waals surface area (Å²) in [4.78, 5) is 11.8. The fourth-order valence-electron chi connectivity index (χ4n) is 1.96. The van der Waals surface area contributed by atoms with E-state index in [1.807, 2.05) is 0 Å². The minimum atomic E-state index is -0.399. The van der Waals surface area contributed by atoms with Gasteiger partial charge in [-0.3, -0.25) is 9.48 Å². The van der Waals surface area contributed by atoms with E-state index in [9.17, 15) is 9.18 Å². The van der Waals surface area contributed by atoms with E-state index in [1.165, 1.54) is 23.2 Å². The van der Waals surface area contributed by atoms with E-state index in [2.05, 4.69) is 10.4 Å². The highest BCUT2D eigenvalue weighted by atomic mass is 35.5. The SMILES string of the molecule is O=C(Nc1cnn(Cc2c(F)cccc2Cl)c1)c1ccco1. The standard InChI is InChI=1S/C15H11ClFN3O2/c16-12-3-1-4-13(17)11(12)9-20-8-10(7-18-20)19-15(21)14-5-2-6-22-14/h1-8H,9H2,(H,19,21). The number of carbonyl (C=O) groups is 1. The maximum absolute atomic E-state index is 13.7. The summed E-state index contributed by atoms with van der Waals surface area (Å²) in [5.41, 5.74) is 0.824. The normalized spacial score (nSPS) is 10.6. The first-order valence-corrected chi connectivity index (χ1v) is 6.81. The van der Waals surface area contributed by atoms with E-state index in [1.54, 1.807) is 30.5 Å². The van der Waals surface area contributed by atoms with Gasteiger partial charge in [0.1, 0.15) is 5.82 Å². The minimum absolute atomic E-state index is 0.169. The summed E-state index contributed by atoms with van der Waals surface area (Å²) in [6, 6.07) is 7.67. The maximum Gasteiger partial charge on any atom is 0.291 e. The van der Waals surface area contributed by atoms with Crippen LogP contribution in [0, 0.1) is 5.82 Å². The van der Waals surface area contributed by atoms with Crippen molar-refractivity contribution in [2.45, 2.75) is 6.54 Å². The van der Waals surface area contributed by atoms with Gasteiger partial charge in [-0.05, 0) is 24.3 Å². The summed E-state index contributed by atoms with van der Waals surface area (Å²) in [6.45, 7) is 0.169. The highest BCUT2D eigenvalue weighted by Crippen LogP contribution is 2.20. The number of rotatable bonds is 4. The molecule has 112 valence electrons. The lowest BCUT2D eigenvalue weighted by Crippen LogP contribution is -2.10. The van der Waals surface area contributed by atoms with Crippen molar-refractivity contribution in [1.29, 1.82) is 0 Å². The van der Waals surface area contributed by atoms with Crippen LogP contribution in [0.1, 0.15) is 16.1 Å². The van der Waals surface area contributed by atoms with Crippen LogP contribution in [0.25, 0.3) is 0 Å². The van der Waals surface area contributed by atoms with E-state index >= 15 is 0 Å². The van der Waals surface area contributed by atoms with Crippen LogP contribution in [0.2, 0.25) is 5.02 Å². The van der Waals surface area contributed by atoms with Gasteiger partial charge in [0.25, 0.3) is 5.91 Å². The molecule has 0 radical (unpaired) electrons. The van der Waals surface area contributed by atoms with E-state index in [0.29, 0.717) is 16.3 Å². The number of nitrogens with zero attached hydrogens (tertiary/aromatic N) is 2. The van der Waals surface area contributed by atoms with Crippen molar-refractivity contribution in [3.63, 3.8) is 0 Å². The average Bonchev–Trinajstić information content (AvgIpc) is 3.15. The monoisotopic (exact) mass is 319 g/mol. The van der Waals surface area contributed by atoms with Gasteiger partial charge in [-0.15, -0.1) is 0 Å². The highest BCUT2D eigenvalue weighted by molar-refractivity contribution is 6.31. The predicted octanol–water partition coefficient (Wildman–Crippen LogP) is 3.57. The van der Waals surface area contributed by atoms with Crippen molar-refractivity contribution in [2.75, 3.05) is 5.32 Å². The van der Waals surface area contributed by atoms with Gasteiger partial charge in [0.15, 0.2) is 5.76 Å². The van der Waals surface area contributed by atoms with Crippen LogP contribution in [-0.4, -0.2) is 15.7 Å². The number of nitrogens with one attached hydrogen (secondary N) is 1. The number of furan rings is 1. The molecule has 0 aliphatic carbocycles. The Balaban J connectivity index is 1.73. The first-order chi connectivity index (χ1) is 10.6. The smallest absolute Gasteiger partial charge is 0.291 e. The van der Waals surface area contributed by atoms with Gasteiger partial charge in [0.05, 0.1) is 24.7 Å². The molecule has 22 heavy (non-hydrogen) atoms. The molecule has 7 heteroatoms. The van der Waals surface area contributed by atoms with Crippen LogP contribution in [0.5, 0.6) is 0 Å². The van der Waals surface area contributed by atoms with Crippen LogP contribution in [-0.2, 0) is 6.54 Å². The molecule has 1 amide bonds. The second-order valence-electron chi connectivity index (χ2n) is 4.56. The van der Waals surface area contributed by atoms with Gasteiger partial charge in [-0.25, -0.2) is 4.39 Å². The molecule has 0 fully saturated rings. The lowest BCUT2D eigenvalue weighted by atomic mass is 10.2. The number of aromatic nitrogens is 2. The lowest BCUT2D eigenvalue weighted by molar-refractivity contribution is 0.0996. The van der Waals surface area contributed by atoms with Crippen molar-refractivity contribution in [2.24, 2.45) is 0 Å². The zero-order chi connectivity index (χ0) is 15.5. The van der Waals surface area contributed by atoms with Gasteiger partial charge in [0, 0.05) is 16.8 Å². The van der Waals surface area contributed by atoms with Gasteiger partial charge in [-0.2, -0.15) is 5.10 Å². The molecule has 1 aromatic carbocycles. The first-order valence-electron chi connectivity index (χ1n) is 6.43. The zero-order valence-corrected chi connectivity index (χ0v) is 12.0. The van der Waals surface area contributed by atoms with Crippen LogP contribution in [0.4, 0.5) is 10.1 Å². The molecule has 2 heterocycles. The van der Waals surface area contributed by atoms with Gasteiger partial charge >= 0.3 is 0 Å². The summed E-state index contributed by atoms with van der Waals surface area (Å²) in [6.07, 6.45) is 4.47. The molecular weight excluding hydrogens is 309 g/mol. The van der Waals surface area contributed by atoms with Crippen molar-refractivity contribution in [1.82, 2.24) is 9.78 Å². The molecule has 0 aliphatic rings. The Morgan fingerprint density at radius 1 is 1.36 bits per heavy atom. The molecule has 0 atom stereocenters. The quantitative estimate of drug-likeness (QED) is 0.799. The molecule has 0 spiro atoms. The van der Waals surface area contributed by atoms with E-state index in [-0.39, 0.29) is 18.2 Å². The fourth-order valence-corrected chi connectivity index (χ4v) is 2.18. The van der Waals surface area contributed by atoms with Gasteiger partial charge in [-0.1, -0.05) is 17.7 Å². The molecule has 3 aromatic rings. The minimum Gasteiger partial charge on any atom is -0.459 e. The average molecular weight is 320 g/mol. The Morgan fingerprint density at radius 3 is 2.95 bits per heavy atom. The molecular formula is C15H11ClFN3O2. The van der Waals surface area contributed by atoms with E-state index < -0.39 is 5.82 Å². The molecule has 0 unspecified atom stereocenters. The third-order valence-electron chi connectivity index (χ3n) is 3.02. The van der Waals surface area contributed by atoms with E-state index in [0.717, 1.165) is 0 Å². The van der Waals surface area contributed by atoms with Crippen molar-refractivity contribution in [3.05, 3.63) is 71.2 Å². The molecule has 0 saturated carbocycles. The number of amides is 1. The third kappa shape index (κ3) is 3.01. The molecule has 0 aliphatic heterocycles. The third-order valence-corrected chi connectivity index (χ3v) is 3.37. The largest absolute Gasteiger partial charge is 0.459 e. The summed E-state index contributed by atoms with van der Waals surface area (Å²) in [5, 5.41) is 7.04. The summed E-state index contributed by atoms with van der Waals surface area (Å²) in [5.74, 6) is -0.581. The van der Waals surface area contributed by atoms with Crippen molar-refractivity contribution < 1.29 is 13.6 Å². The summed E-state index contributed by atoms with van der Waals surface area (Å²) >= 11 is 5.97. The Hall–Kier alpha value is -2.60. The second-order valence-corrected chi connectivity index (χ2v) is 4.97. The predicted molar refractivity (Wildman–Crippen MR) is 79.4 cm³/mol.